The van der Waals surface area contributed by atoms with E-state index in [4.69, 9.17) is 24.4 Å². The van der Waals surface area contributed by atoms with Crippen molar-refractivity contribution in [3.8, 4) is 0 Å². The van der Waals surface area contributed by atoms with Gasteiger partial charge < -0.3 is 55.1 Å². The van der Waals surface area contributed by atoms with Gasteiger partial charge in [0.1, 0.15) is 48.8 Å². The SMILES string of the molecule is OC[C@H]1OC(O[C@H]2O[C@H](CO)[C@@H](O)[C@H](O)[C@H]2O)[C@H](O)[C@@H](O)[C@H]1O. The normalized spacial score (nSPS) is 51.7. The van der Waals surface area contributed by atoms with Gasteiger partial charge in [-0.2, -0.15) is 0 Å². The molecule has 11 heteroatoms. The molecule has 23 heavy (non-hydrogen) atoms. The summed E-state index contributed by atoms with van der Waals surface area (Å²) in [6.07, 6.45) is -15.6. The third-order valence-corrected chi connectivity index (χ3v) is 3.97. The minimum atomic E-state index is -1.72. The molecule has 2 fully saturated rings. The fraction of sp³-hybridized carbons (Fsp3) is 1.00. The molecule has 136 valence electrons. The summed E-state index contributed by atoms with van der Waals surface area (Å²) in [5.41, 5.74) is 0. The van der Waals surface area contributed by atoms with Gasteiger partial charge in [0, 0.05) is 0 Å². The standard InChI is InChI=1S/C12H22O11/c13-1-3-5(15)7(17)9(19)11(21-3)23-12-10(20)8(18)6(16)4(2-14)22-12/h3-20H,1-2H2/t3-,4-,5-,6+,7+,8+,9-,10-,11-,12?/m1/s1. The summed E-state index contributed by atoms with van der Waals surface area (Å²) in [6.45, 7) is -1.33. The van der Waals surface area contributed by atoms with Crippen molar-refractivity contribution in [1.29, 1.82) is 0 Å². The van der Waals surface area contributed by atoms with Crippen molar-refractivity contribution in [3.63, 3.8) is 0 Å². The zero-order chi connectivity index (χ0) is 17.3. The van der Waals surface area contributed by atoms with Crippen molar-refractivity contribution < 1.29 is 55.1 Å². The van der Waals surface area contributed by atoms with Crippen LogP contribution in [0.4, 0.5) is 0 Å². The number of hydrogen-bond donors (Lipinski definition) is 8. The van der Waals surface area contributed by atoms with Gasteiger partial charge in [-0.05, 0) is 0 Å². The van der Waals surface area contributed by atoms with E-state index in [2.05, 4.69) is 0 Å². The predicted octanol–water partition coefficient (Wildman–Crippen LogP) is -5.40. The second-order valence-electron chi connectivity index (χ2n) is 5.53. The summed E-state index contributed by atoms with van der Waals surface area (Å²) in [4.78, 5) is 0. The molecule has 11 nitrogen and oxygen atoms in total. The molecule has 2 aliphatic heterocycles. The molecule has 0 aromatic heterocycles. The lowest BCUT2D eigenvalue weighted by molar-refractivity contribution is -0.376. The van der Waals surface area contributed by atoms with E-state index in [0.29, 0.717) is 0 Å². The lowest BCUT2D eigenvalue weighted by atomic mass is 9.98. The van der Waals surface area contributed by atoms with E-state index in [1.165, 1.54) is 0 Å². The second-order valence-corrected chi connectivity index (χ2v) is 5.53. The van der Waals surface area contributed by atoms with Crippen molar-refractivity contribution >= 4 is 0 Å². The van der Waals surface area contributed by atoms with Crippen LogP contribution in [0.25, 0.3) is 0 Å². The maximum Gasteiger partial charge on any atom is 0.189 e. The van der Waals surface area contributed by atoms with Crippen molar-refractivity contribution in [2.75, 3.05) is 13.2 Å². The van der Waals surface area contributed by atoms with Gasteiger partial charge in [-0.25, -0.2) is 0 Å². The van der Waals surface area contributed by atoms with E-state index in [9.17, 15) is 30.6 Å². The first-order valence-electron chi connectivity index (χ1n) is 7.08. The third kappa shape index (κ3) is 3.65. The molecule has 2 aliphatic rings. The fourth-order valence-electron chi connectivity index (χ4n) is 2.49. The summed E-state index contributed by atoms with van der Waals surface area (Å²) in [7, 11) is 0. The number of aliphatic hydroxyl groups is 8. The molecule has 0 amide bonds. The molecule has 0 aromatic carbocycles. The largest absolute Gasteiger partial charge is 0.394 e. The van der Waals surface area contributed by atoms with Crippen LogP contribution in [0.2, 0.25) is 0 Å². The average molecular weight is 342 g/mol. The van der Waals surface area contributed by atoms with Crippen LogP contribution in [0.15, 0.2) is 0 Å². The average Bonchev–Trinajstić information content (AvgIpc) is 2.55. The van der Waals surface area contributed by atoms with Crippen LogP contribution in [0.3, 0.4) is 0 Å². The van der Waals surface area contributed by atoms with Gasteiger partial charge in [0.15, 0.2) is 12.6 Å². The maximum atomic E-state index is 9.84. The minimum absolute atomic E-state index is 0.667. The topological polar surface area (TPSA) is 190 Å². The van der Waals surface area contributed by atoms with Crippen LogP contribution in [-0.4, -0.2) is 115 Å². The number of ether oxygens (including phenoxy) is 3. The van der Waals surface area contributed by atoms with Gasteiger partial charge in [0.25, 0.3) is 0 Å². The second kappa shape index (κ2) is 7.63. The molecule has 0 aromatic rings. The maximum absolute atomic E-state index is 9.84. The highest BCUT2D eigenvalue weighted by Crippen LogP contribution is 2.27. The Morgan fingerprint density at radius 1 is 0.565 bits per heavy atom. The van der Waals surface area contributed by atoms with Gasteiger partial charge in [0.05, 0.1) is 13.2 Å². The van der Waals surface area contributed by atoms with Crippen molar-refractivity contribution in [3.05, 3.63) is 0 Å². The molecule has 0 aliphatic carbocycles. The third-order valence-electron chi connectivity index (χ3n) is 3.97. The highest BCUT2D eigenvalue weighted by atomic mass is 16.8. The van der Waals surface area contributed by atoms with Crippen LogP contribution in [-0.2, 0) is 14.2 Å². The minimum Gasteiger partial charge on any atom is -0.394 e. The number of rotatable bonds is 4. The summed E-state index contributed by atoms with van der Waals surface area (Å²) < 4.78 is 15.3. The summed E-state index contributed by atoms with van der Waals surface area (Å²) in [5, 5.41) is 76.4. The monoisotopic (exact) mass is 342 g/mol. The van der Waals surface area contributed by atoms with E-state index >= 15 is 0 Å². The highest BCUT2D eigenvalue weighted by Gasteiger charge is 2.49. The molecule has 1 unspecified atom stereocenters. The Morgan fingerprint density at radius 3 is 1.22 bits per heavy atom. The molecular formula is C12H22O11. The Kier molecular flexibility index (Phi) is 6.27. The molecule has 8 N–H and O–H groups in total. The first-order chi connectivity index (χ1) is 10.8. The van der Waals surface area contributed by atoms with Crippen LogP contribution in [0, 0.1) is 0 Å². The summed E-state index contributed by atoms with van der Waals surface area (Å²) >= 11 is 0. The van der Waals surface area contributed by atoms with E-state index in [0.717, 1.165) is 0 Å². The quantitative estimate of drug-likeness (QED) is 0.243. The van der Waals surface area contributed by atoms with Gasteiger partial charge in [0.2, 0.25) is 0 Å². The van der Waals surface area contributed by atoms with E-state index in [-0.39, 0.29) is 0 Å². The Hall–Kier alpha value is -0.440. The van der Waals surface area contributed by atoms with Gasteiger partial charge in [-0.3, -0.25) is 0 Å². The lowest BCUT2D eigenvalue weighted by Crippen LogP contribution is -2.63. The van der Waals surface area contributed by atoms with Gasteiger partial charge >= 0.3 is 0 Å². The number of hydrogen-bond acceptors (Lipinski definition) is 11. The molecular weight excluding hydrogens is 320 g/mol. The molecule has 0 radical (unpaired) electrons. The van der Waals surface area contributed by atoms with Crippen LogP contribution >= 0.6 is 0 Å². The molecule has 0 bridgehead atoms. The summed E-state index contributed by atoms with van der Waals surface area (Å²) in [6, 6.07) is 0. The van der Waals surface area contributed by atoms with Crippen LogP contribution in [0.5, 0.6) is 0 Å². The van der Waals surface area contributed by atoms with Crippen LogP contribution in [0.1, 0.15) is 0 Å². The number of aliphatic hydroxyl groups excluding tert-OH is 8. The van der Waals surface area contributed by atoms with Crippen molar-refractivity contribution in [2.24, 2.45) is 0 Å². The van der Waals surface area contributed by atoms with Crippen molar-refractivity contribution in [2.45, 2.75) is 61.4 Å². The van der Waals surface area contributed by atoms with E-state index in [1.54, 1.807) is 0 Å². The first kappa shape index (κ1) is 18.9. The Bertz CT molecular complexity index is 344. The molecule has 0 saturated carbocycles. The van der Waals surface area contributed by atoms with Gasteiger partial charge in [-0.15, -0.1) is 0 Å². The fourth-order valence-corrected chi connectivity index (χ4v) is 2.49. The highest BCUT2D eigenvalue weighted by molar-refractivity contribution is 4.92. The molecule has 2 saturated heterocycles. The Balaban J connectivity index is 2.07. The predicted molar refractivity (Wildman–Crippen MR) is 68.6 cm³/mol. The van der Waals surface area contributed by atoms with Crippen molar-refractivity contribution in [1.82, 2.24) is 0 Å². The molecule has 0 spiro atoms. The summed E-state index contributed by atoms with van der Waals surface area (Å²) in [5.74, 6) is 0. The molecule has 2 rings (SSSR count). The van der Waals surface area contributed by atoms with E-state index < -0.39 is 74.6 Å². The smallest absolute Gasteiger partial charge is 0.189 e. The zero-order valence-corrected chi connectivity index (χ0v) is 12.0. The first-order valence-corrected chi connectivity index (χ1v) is 7.08. The lowest BCUT2D eigenvalue weighted by Gasteiger charge is -2.44. The molecule has 2 heterocycles. The van der Waals surface area contributed by atoms with E-state index in [1.807, 2.05) is 0 Å². The van der Waals surface area contributed by atoms with Gasteiger partial charge in [-0.1, -0.05) is 0 Å². The Morgan fingerprint density at radius 2 is 0.913 bits per heavy atom. The Labute approximate surface area is 130 Å². The van der Waals surface area contributed by atoms with Crippen LogP contribution < -0.4 is 0 Å². The molecule has 10 atom stereocenters. The zero-order valence-electron chi connectivity index (χ0n) is 12.0.